The molecule has 14 heavy (non-hydrogen) atoms. The van der Waals surface area contributed by atoms with Crippen molar-refractivity contribution in [2.75, 3.05) is 25.3 Å². The third-order valence-corrected chi connectivity index (χ3v) is 1.84. The molecule has 0 unspecified atom stereocenters. The van der Waals surface area contributed by atoms with Crippen molar-refractivity contribution in [2.24, 2.45) is 0 Å². The standard InChI is InChI=1S/C9H13N5/c1-14(2)13-9-11-7-4-3-6(10)5-8(7)12-9/h3-5H,10H2,1-2H3,(H2,11,12,13). The largest absolute Gasteiger partial charge is 0.399 e. The smallest absolute Gasteiger partial charge is 0.216 e. The molecular weight excluding hydrogens is 178 g/mol. The van der Waals surface area contributed by atoms with E-state index in [-0.39, 0.29) is 0 Å². The van der Waals surface area contributed by atoms with Gasteiger partial charge >= 0.3 is 0 Å². The molecule has 1 aromatic heterocycles. The summed E-state index contributed by atoms with van der Waals surface area (Å²) in [5.74, 6) is 0.718. The summed E-state index contributed by atoms with van der Waals surface area (Å²) in [4.78, 5) is 7.45. The number of benzene rings is 1. The van der Waals surface area contributed by atoms with Crippen molar-refractivity contribution in [3.63, 3.8) is 0 Å². The van der Waals surface area contributed by atoms with Gasteiger partial charge in [-0.25, -0.2) is 9.99 Å². The lowest BCUT2D eigenvalue weighted by Crippen LogP contribution is -2.20. The van der Waals surface area contributed by atoms with Gasteiger partial charge in [-0.05, 0) is 18.2 Å². The van der Waals surface area contributed by atoms with Crippen LogP contribution >= 0.6 is 0 Å². The maximum Gasteiger partial charge on any atom is 0.216 e. The predicted octanol–water partition coefficient (Wildman–Crippen LogP) is 1.03. The van der Waals surface area contributed by atoms with Gasteiger partial charge in [-0.1, -0.05) is 0 Å². The fraction of sp³-hybridized carbons (Fsp3) is 0.222. The summed E-state index contributed by atoms with van der Waals surface area (Å²) in [5, 5.41) is 1.82. The number of nitrogens with zero attached hydrogens (tertiary/aromatic N) is 2. The molecule has 0 radical (unpaired) electrons. The van der Waals surface area contributed by atoms with E-state index in [1.165, 1.54) is 0 Å². The number of hydrogen-bond donors (Lipinski definition) is 3. The topological polar surface area (TPSA) is 70.0 Å². The van der Waals surface area contributed by atoms with Crippen LogP contribution in [0.4, 0.5) is 11.6 Å². The normalized spacial score (nSPS) is 11.1. The van der Waals surface area contributed by atoms with Gasteiger partial charge in [0.1, 0.15) is 0 Å². The fourth-order valence-corrected chi connectivity index (χ4v) is 1.29. The van der Waals surface area contributed by atoms with Crippen LogP contribution in [0, 0.1) is 0 Å². The quantitative estimate of drug-likeness (QED) is 0.490. The maximum atomic E-state index is 5.66. The van der Waals surface area contributed by atoms with Crippen molar-refractivity contribution in [3.05, 3.63) is 18.2 Å². The zero-order chi connectivity index (χ0) is 10.1. The van der Waals surface area contributed by atoms with Gasteiger partial charge in [-0.15, -0.1) is 0 Å². The van der Waals surface area contributed by atoms with Crippen LogP contribution in [-0.4, -0.2) is 29.1 Å². The van der Waals surface area contributed by atoms with Crippen molar-refractivity contribution in [1.82, 2.24) is 15.0 Å². The van der Waals surface area contributed by atoms with E-state index < -0.39 is 0 Å². The van der Waals surface area contributed by atoms with E-state index in [0.717, 1.165) is 22.7 Å². The van der Waals surface area contributed by atoms with Gasteiger partial charge in [0.15, 0.2) is 0 Å². The Bertz CT molecular complexity index is 445. The molecule has 4 N–H and O–H groups in total. The number of hydrazine groups is 1. The molecule has 2 rings (SSSR count). The molecule has 5 heteroatoms. The van der Waals surface area contributed by atoms with E-state index in [4.69, 9.17) is 5.73 Å². The van der Waals surface area contributed by atoms with Crippen molar-refractivity contribution in [2.45, 2.75) is 0 Å². The Morgan fingerprint density at radius 3 is 2.93 bits per heavy atom. The highest BCUT2D eigenvalue weighted by Gasteiger charge is 2.02. The molecule has 5 nitrogen and oxygen atoms in total. The zero-order valence-electron chi connectivity index (χ0n) is 8.20. The Morgan fingerprint density at radius 2 is 2.21 bits per heavy atom. The van der Waals surface area contributed by atoms with Gasteiger partial charge in [0.05, 0.1) is 11.0 Å². The average Bonchev–Trinajstić information content (AvgIpc) is 2.44. The minimum Gasteiger partial charge on any atom is -0.399 e. The van der Waals surface area contributed by atoms with E-state index in [0.29, 0.717) is 0 Å². The summed E-state index contributed by atoms with van der Waals surface area (Å²) >= 11 is 0. The van der Waals surface area contributed by atoms with E-state index in [1.807, 2.05) is 37.3 Å². The van der Waals surface area contributed by atoms with E-state index in [9.17, 15) is 0 Å². The van der Waals surface area contributed by atoms with E-state index in [2.05, 4.69) is 15.4 Å². The van der Waals surface area contributed by atoms with Crippen molar-refractivity contribution in [3.8, 4) is 0 Å². The number of anilines is 2. The van der Waals surface area contributed by atoms with Gasteiger partial charge in [0.2, 0.25) is 5.95 Å². The number of aromatic nitrogens is 2. The molecule has 0 spiro atoms. The molecule has 2 aromatic rings. The Hall–Kier alpha value is -1.75. The van der Waals surface area contributed by atoms with E-state index in [1.54, 1.807) is 0 Å². The second-order valence-corrected chi connectivity index (χ2v) is 3.37. The van der Waals surface area contributed by atoms with Gasteiger partial charge in [-0.3, -0.25) is 5.43 Å². The number of nitrogens with two attached hydrogens (primary N) is 1. The highest BCUT2D eigenvalue weighted by atomic mass is 15.5. The summed E-state index contributed by atoms with van der Waals surface area (Å²) in [5.41, 5.74) is 11.3. The Balaban J connectivity index is 2.41. The Kier molecular flexibility index (Phi) is 2.01. The van der Waals surface area contributed by atoms with Crippen LogP contribution in [0.15, 0.2) is 18.2 Å². The zero-order valence-corrected chi connectivity index (χ0v) is 8.20. The summed E-state index contributed by atoms with van der Waals surface area (Å²) in [6.45, 7) is 0. The number of H-pyrrole nitrogens is 1. The highest BCUT2D eigenvalue weighted by Crippen LogP contribution is 2.16. The lowest BCUT2D eigenvalue weighted by molar-refractivity contribution is 0.490. The summed E-state index contributed by atoms with van der Waals surface area (Å²) < 4.78 is 0. The van der Waals surface area contributed by atoms with E-state index >= 15 is 0 Å². The number of nitrogen functional groups attached to an aromatic ring is 1. The van der Waals surface area contributed by atoms with Gasteiger partial charge in [0.25, 0.3) is 0 Å². The average molecular weight is 191 g/mol. The van der Waals surface area contributed by atoms with Gasteiger partial charge < -0.3 is 10.7 Å². The van der Waals surface area contributed by atoms with Crippen LogP contribution < -0.4 is 11.2 Å². The van der Waals surface area contributed by atoms with Crippen LogP contribution in [0.1, 0.15) is 0 Å². The maximum absolute atomic E-state index is 5.66. The molecule has 1 heterocycles. The number of hydrogen-bond acceptors (Lipinski definition) is 4. The SMILES string of the molecule is CN(C)Nc1nc2ccc(N)cc2[nH]1. The lowest BCUT2D eigenvalue weighted by atomic mass is 10.3. The molecule has 0 saturated heterocycles. The number of aromatic amines is 1. The molecule has 0 fully saturated rings. The summed E-state index contributed by atoms with van der Waals surface area (Å²) in [6.07, 6.45) is 0. The van der Waals surface area contributed by atoms with Crippen LogP contribution in [-0.2, 0) is 0 Å². The van der Waals surface area contributed by atoms with Gasteiger partial charge in [0, 0.05) is 19.8 Å². The Labute approximate surface area is 81.9 Å². The number of imidazole rings is 1. The molecule has 74 valence electrons. The van der Waals surface area contributed by atoms with Crippen LogP contribution in [0.5, 0.6) is 0 Å². The van der Waals surface area contributed by atoms with Crippen molar-refractivity contribution < 1.29 is 0 Å². The van der Waals surface area contributed by atoms with Crippen LogP contribution in [0.2, 0.25) is 0 Å². The minimum absolute atomic E-state index is 0.718. The number of fused-ring (bicyclic) bond motifs is 1. The summed E-state index contributed by atoms with van der Waals surface area (Å²) in [7, 11) is 3.81. The van der Waals surface area contributed by atoms with Gasteiger partial charge in [-0.2, -0.15) is 0 Å². The second-order valence-electron chi connectivity index (χ2n) is 3.37. The van der Waals surface area contributed by atoms with Crippen molar-refractivity contribution >= 4 is 22.7 Å². The highest BCUT2D eigenvalue weighted by molar-refractivity contribution is 5.80. The molecule has 0 aliphatic carbocycles. The molecular formula is C9H13N5. The fourth-order valence-electron chi connectivity index (χ4n) is 1.29. The molecule has 0 atom stereocenters. The second kappa shape index (κ2) is 3.19. The lowest BCUT2D eigenvalue weighted by Gasteiger charge is -2.09. The van der Waals surface area contributed by atoms with Crippen LogP contribution in [0.3, 0.4) is 0 Å². The molecule has 0 amide bonds. The Morgan fingerprint density at radius 1 is 1.43 bits per heavy atom. The number of nitrogens with one attached hydrogen (secondary N) is 2. The monoisotopic (exact) mass is 191 g/mol. The molecule has 0 saturated carbocycles. The third-order valence-electron chi connectivity index (χ3n) is 1.84. The summed E-state index contributed by atoms with van der Waals surface area (Å²) in [6, 6.07) is 5.59. The van der Waals surface area contributed by atoms with Crippen molar-refractivity contribution in [1.29, 1.82) is 0 Å². The first-order valence-electron chi connectivity index (χ1n) is 4.34. The molecule has 0 aliphatic rings. The predicted molar refractivity (Wildman–Crippen MR) is 57.8 cm³/mol. The minimum atomic E-state index is 0.718. The first kappa shape index (κ1) is 8.83. The molecule has 0 bridgehead atoms. The first-order valence-corrected chi connectivity index (χ1v) is 4.34. The first-order chi connectivity index (χ1) is 6.65. The van der Waals surface area contributed by atoms with Crippen LogP contribution in [0.25, 0.3) is 11.0 Å². The molecule has 1 aromatic carbocycles. The third kappa shape index (κ3) is 1.62. The number of rotatable bonds is 2. The molecule has 0 aliphatic heterocycles.